The van der Waals surface area contributed by atoms with Crippen LogP contribution < -0.4 is 20.9 Å². The first-order valence-electron chi connectivity index (χ1n) is 7.20. The molecule has 0 unspecified atom stereocenters. The molecule has 3 N–H and O–H groups in total. The van der Waals surface area contributed by atoms with Crippen LogP contribution in [0.3, 0.4) is 0 Å². The Morgan fingerprint density at radius 1 is 1.24 bits per heavy atom. The number of nitrogens with one attached hydrogen (secondary N) is 1. The van der Waals surface area contributed by atoms with Gasteiger partial charge in [-0.2, -0.15) is 15.0 Å². The maximum absolute atomic E-state index is 5.48. The summed E-state index contributed by atoms with van der Waals surface area (Å²) >= 11 is 0. The summed E-state index contributed by atoms with van der Waals surface area (Å²) in [6.45, 7) is 8.94. The van der Waals surface area contributed by atoms with E-state index in [9.17, 15) is 0 Å². The predicted octanol–water partition coefficient (Wildman–Crippen LogP) is 1.05. The zero-order valence-electron chi connectivity index (χ0n) is 13.3. The van der Waals surface area contributed by atoms with Gasteiger partial charge in [0, 0.05) is 20.2 Å². The molecule has 1 aromatic rings. The van der Waals surface area contributed by atoms with E-state index >= 15 is 0 Å². The molecule has 0 aliphatic carbocycles. The van der Waals surface area contributed by atoms with Crippen LogP contribution in [-0.4, -0.2) is 48.4 Å². The van der Waals surface area contributed by atoms with E-state index in [1.54, 1.807) is 7.11 Å². The maximum Gasteiger partial charge on any atom is 0.323 e. The summed E-state index contributed by atoms with van der Waals surface area (Å²) in [7, 11) is 1.67. The van der Waals surface area contributed by atoms with E-state index in [-0.39, 0.29) is 12.0 Å². The Kier molecular flexibility index (Phi) is 7.70. The number of rotatable bonds is 10. The SMILES string of the molecule is CCCOc1nc(NN)nc(N(CCOC)CC(C)C)n1. The number of nitrogen functional groups attached to an aromatic ring is 1. The normalized spacial score (nSPS) is 10.8. The van der Waals surface area contributed by atoms with Gasteiger partial charge in [0.25, 0.3) is 0 Å². The molecule has 0 atom stereocenters. The molecule has 0 bridgehead atoms. The van der Waals surface area contributed by atoms with E-state index in [4.69, 9.17) is 15.3 Å². The molecule has 1 heterocycles. The van der Waals surface area contributed by atoms with Crippen LogP contribution in [0, 0.1) is 5.92 Å². The van der Waals surface area contributed by atoms with Crippen LogP contribution in [0.2, 0.25) is 0 Å². The van der Waals surface area contributed by atoms with Gasteiger partial charge >= 0.3 is 6.01 Å². The first-order valence-corrected chi connectivity index (χ1v) is 7.20. The molecule has 8 heteroatoms. The third-order valence-corrected chi connectivity index (χ3v) is 2.60. The fourth-order valence-electron chi connectivity index (χ4n) is 1.72. The number of aromatic nitrogens is 3. The smallest absolute Gasteiger partial charge is 0.323 e. The topological polar surface area (TPSA) is 98.4 Å². The summed E-state index contributed by atoms with van der Waals surface area (Å²) in [6.07, 6.45) is 0.881. The third-order valence-electron chi connectivity index (χ3n) is 2.60. The molecule has 1 aromatic heterocycles. The Bertz CT molecular complexity index is 416. The van der Waals surface area contributed by atoms with Crippen LogP contribution in [0.15, 0.2) is 0 Å². The monoisotopic (exact) mass is 298 g/mol. The number of ether oxygens (including phenoxy) is 2. The molecule has 0 aliphatic heterocycles. The molecular formula is C13H26N6O2. The van der Waals surface area contributed by atoms with Crippen molar-refractivity contribution in [2.75, 3.05) is 43.7 Å². The molecule has 1 rings (SSSR count). The van der Waals surface area contributed by atoms with Gasteiger partial charge in [-0.1, -0.05) is 20.8 Å². The lowest BCUT2D eigenvalue weighted by Gasteiger charge is -2.24. The summed E-state index contributed by atoms with van der Waals surface area (Å²) in [4.78, 5) is 14.8. The van der Waals surface area contributed by atoms with Gasteiger partial charge in [0.2, 0.25) is 11.9 Å². The van der Waals surface area contributed by atoms with Gasteiger partial charge in [0.1, 0.15) is 0 Å². The highest BCUT2D eigenvalue weighted by Crippen LogP contribution is 2.16. The Balaban J connectivity index is 2.97. The lowest BCUT2D eigenvalue weighted by atomic mass is 10.2. The quantitative estimate of drug-likeness (QED) is 0.488. The van der Waals surface area contributed by atoms with Gasteiger partial charge in [-0.3, -0.25) is 5.43 Å². The van der Waals surface area contributed by atoms with Gasteiger partial charge in [0.15, 0.2) is 0 Å². The van der Waals surface area contributed by atoms with E-state index in [1.165, 1.54) is 0 Å². The second kappa shape index (κ2) is 9.30. The van der Waals surface area contributed by atoms with Gasteiger partial charge in [-0.25, -0.2) is 5.84 Å². The zero-order chi connectivity index (χ0) is 15.7. The average molecular weight is 298 g/mol. The van der Waals surface area contributed by atoms with Crippen molar-refractivity contribution in [3.05, 3.63) is 0 Å². The number of hydrogen-bond acceptors (Lipinski definition) is 8. The Labute approximate surface area is 126 Å². The molecule has 0 aliphatic rings. The molecule has 8 nitrogen and oxygen atoms in total. The molecule has 0 aromatic carbocycles. The van der Waals surface area contributed by atoms with E-state index in [0.717, 1.165) is 13.0 Å². The highest BCUT2D eigenvalue weighted by Gasteiger charge is 2.15. The minimum absolute atomic E-state index is 0.279. The van der Waals surface area contributed by atoms with E-state index in [2.05, 4.69) is 34.2 Å². The summed E-state index contributed by atoms with van der Waals surface area (Å²) in [5, 5.41) is 0. The van der Waals surface area contributed by atoms with Crippen molar-refractivity contribution in [1.29, 1.82) is 0 Å². The molecule has 0 spiro atoms. The van der Waals surface area contributed by atoms with Crippen molar-refractivity contribution in [3.8, 4) is 6.01 Å². The van der Waals surface area contributed by atoms with Crippen LogP contribution in [0.5, 0.6) is 6.01 Å². The zero-order valence-corrected chi connectivity index (χ0v) is 13.3. The Hall–Kier alpha value is -1.67. The molecule has 0 radical (unpaired) electrons. The first-order chi connectivity index (χ1) is 10.1. The van der Waals surface area contributed by atoms with Crippen LogP contribution in [0.25, 0.3) is 0 Å². The molecular weight excluding hydrogens is 272 g/mol. The van der Waals surface area contributed by atoms with Crippen molar-refractivity contribution in [3.63, 3.8) is 0 Å². The van der Waals surface area contributed by atoms with Gasteiger partial charge in [-0.05, 0) is 12.3 Å². The molecule has 0 saturated carbocycles. The summed E-state index contributed by atoms with van der Waals surface area (Å²) in [6, 6.07) is 0.279. The van der Waals surface area contributed by atoms with Gasteiger partial charge in [0.05, 0.1) is 13.2 Å². The highest BCUT2D eigenvalue weighted by molar-refractivity contribution is 5.37. The van der Waals surface area contributed by atoms with Crippen LogP contribution in [0.4, 0.5) is 11.9 Å². The lowest BCUT2D eigenvalue weighted by molar-refractivity contribution is 0.204. The lowest BCUT2D eigenvalue weighted by Crippen LogP contribution is -2.33. The van der Waals surface area contributed by atoms with Crippen molar-refractivity contribution in [2.45, 2.75) is 27.2 Å². The number of hydrogen-bond donors (Lipinski definition) is 2. The molecule has 0 fully saturated rings. The first kappa shape index (κ1) is 17.4. The molecule has 0 amide bonds. The van der Waals surface area contributed by atoms with Crippen molar-refractivity contribution < 1.29 is 9.47 Å². The van der Waals surface area contributed by atoms with Crippen molar-refractivity contribution in [2.24, 2.45) is 11.8 Å². The number of nitrogens with zero attached hydrogens (tertiary/aromatic N) is 4. The number of anilines is 2. The van der Waals surface area contributed by atoms with Crippen LogP contribution in [-0.2, 0) is 4.74 Å². The number of nitrogens with two attached hydrogens (primary N) is 1. The van der Waals surface area contributed by atoms with E-state index < -0.39 is 0 Å². The fraction of sp³-hybridized carbons (Fsp3) is 0.769. The minimum atomic E-state index is 0.279. The van der Waals surface area contributed by atoms with Gasteiger partial charge in [-0.15, -0.1) is 0 Å². The summed E-state index contributed by atoms with van der Waals surface area (Å²) < 4.78 is 10.6. The number of methoxy groups -OCH3 is 1. The van der Waals surface area contributed by atoms with E-state index in [0.29, 0.717) is 31.6 Å². The Morgan fingerprint density at radius 2 is 2.00 bits per heavy atom. The predicted molar refractivity (Wildman–Crippen MR) is 82.4 cm³/mol. The largest absolute Gasteiger partial charge is 0.463 e. The molecule has 120 valence electrons. The van der Waals surface area contributed by atoms with Gasteiger partial charge < -0.3 is 14.4 Å². The number of hydrazine groups is 1. The highest BCUT2D eigenvalue weighted by atomic mass is 16.5. The maximum atomic E-state index is 5.48. The van der Waals surface area contributed by atoms with Crippen molar-refractivity contribution >= 4 is 11.9 Å². The van der Waals surface area contributed by atoms with Crippen molar-refractivity contribution in [1.82, 2.24) is 15.0 Å². The molecule has 21 heavy (non-hydrogen) atoms. The summed E-state index contributed by atoms with van der Waals surface area (Å²) in [5.74, 6) is 6.71. The third kappa shape index (κ3) is 6.09. The second-order valence-corrected chi connectivity index (χ2v) is 5.07. The minimum Gasteiger partial charge on any atom is -0.463 e. The Morgan fingerprint density at radius 3 is 2.57 bits per heavy atom. The standard InChI is InChI=1S/C13H26N6O2/c1-5-7-21-13-16-11(18-14)15-12(17-13)19(6-8-20-4)9-10(2)3/h10H,5-9,14H2,1-4H3,(H,15,16,17,18). The van der Waals surface area contributed by atoms with Crippen LogP contribution >= 0.6 is 0 Å². The van der Waals surface area contributed by atoms with E-state index in [1.807, 2.05) is 11.8 Å². The summed E-state index contributed by atoms with van der Waals surface area (Å²) in [5.41, 5.74) is 2.45. The van der Waals surface area contributed by atoms with Crippen LogP contribution in [0.1, 0.15) is 27.2 Å². The average Bonchev–Trinajstić information content (AvgIpc) is 2.48. The molecule has 0 saturated heterocycles. The fourth-order valence-corrected chi connectivity index (χ4v) is 1.72. The second-order valence-electron chi connectivity index (χ2n) is 5.07.